The number of rotatable bonds is 11. The molecule has 0 spiro atoms. The molecule has 28 heavy (non-hydrogen) atoms. The molecule has 0 bridgehead atoms. The predicted molar refractivity (Wildman–Crippen MR) is 108 cm³/mol. The van der Waals surface area contributed by atoms with E-state index in [0.29, 0.717) is 32.1 Å². The van der Waals surface area contributed by atoms with Crippen molar-refractivity contribution in [2.24, 2.45) is 23.2 Å². The molecule has 2 aliphatic carbocycles. The number of carbonyl (C=O) groups is 1. The van der Waals surface area contributed by atoms with Crippen molar-refractivity contribution in [2.45, 2.75) is 83.3 Å². The summed E-state index contributed by atoms with van der Waals surface area (Å²) < 4.78 is 0. The van der Waals surface area contributed by atoms with Crippen LogP contribution in [0.1, 0.15) is 71.1 Å². The third-order valence-electron chi connectivity index (χ3n) is 6.93. The van der Waals surface area contributed by atoms with Gasteiger partial charge in [-0.15, -0.1) is 0 Å². The minimum absolute atomic E-state index is 0.0629. The average Bonchev–Trinajstić information content (AvgIpc) is 2.92. The van der Waals surface area contributed by atoms with Crippen molar-refractivity contribution >= 4 is 5.97 Å². The highest BCUT2D eigenvalue weighted by molar-refractivity contribution is 5.66. The third-order valence-corrected chi connectivity index (χ3v) is 6.93. The molecule has 2 fully saturated rings. The quantitative estimate of drug-likeness (QED) is 0.363. The number of carboxylic acids is 1. The van der Waals surface area contributed by atoms with Crippen molar-refractivity contribution in [1.82, 2.24) is 0 Å². The summed E-state index contributed by atoms with van der Waals surface area (Å²) >= 11 is 0. The van der Waals surface area contributed by atoms with Crippen LogP contribution in [0.4, 0.5) is 0 Å². The van der Waals surface area contributed by atoms with Crippen molar-refractivity contribution in [3.8, 4) is 6.07 Å². The molecule has 5 heteroatoms. The molecule has 3 N–H and O–H groups in total. The zero-order valence-corrected chi connectivity index (χ0v) is 17.0. The number of nitrogens with zero attached hydrogens (tertiary/aromatic N) is 1. The van der Waals surface area contributed by atoms with Gasteiger partial charge in [0, 0.05) is 12.3 Å². The molecule has 156 valence electrons. The highest BCUT2D eigenvalue weighted by Crippen LogP contribution is 2.48. The highest BCUT2D eigenvalue weighted by atomic mass is 16.4. The summed E-state index contributed by atoms with van der Waals surface area (Å²) in [7, 11) is 0. The minimum atomic E-state index is -0.781. The van der Waals surface area contributed by atoms with E-state index in [1.54, 1.807) is 0 Å². The zero-order valence-electron chi connectivity index (χ0n) is 17.0. The fraction of sp³-hybridized carbons (Fsp3) is 0.739. The lowest BCUT2D eigenvalue weighted by atomic mass is 9.63. The van der Waals surface area contributed by atoms with E-state index >= 15 is 0 Å². The van der Waals surface area contributed by atoms with Gasteiger partial charge in [-0.3, -0.25) is 4.79 Å². The summed E-state index contributed by atoms with van der Waals surface area (Å²) in [6.07, 6.45) is 14.8. The Morgan fingerprint density at radius 3 is 2.64 bits per heavy atom. The summed E-state index contributed by atoms with van der Waals surface area (Å²) in [6, 6.07) is 2.34. The first-order valence-corrected chi connectivity index (χ1v) is 10.7. The molecule has 0 radical (unpaired) electrons. The molecule has 5 nitrogen and oxygen atoms in total. The lowest BCUT2D eigenvalue weighted by molar-refractivity contribution is -0.137. The molecule has 0 aromatic rings. The lowest BCUT2D eigenvalue weighted by Gasteiger charge is -2.45. The molecule has 0 saturated heterocycles. The summed E-state index contributed by atoms with van der Waals surface area (Å²) in [5.41, 5.74) is 0.0753. The first-order chi connectivity index (χ1) is 13.4. The number of aliphatic hydroxyl groups is 2. The van der Waals surface area contributed by atoms with Crippen LogP contribution in [0.3, 0.4) is 0 Å². The van der Waals surface area contributed by atoms with Gasteiger partial charge in [0.25, 0.3) is 0 Å². The number of hydrogen-bond acceptors (Lipinski definition) is 4. The Morgan fingerprint density at radius 2 is 2.07 bits per heavy atom. The Kier molecular flexibility index (Phi) is 8.72. The Hall–Kier alpha value is -1.64. The van der Waals surface area contributed by atoms with Crippen molar-refractivity contribution in [3.63, 3.8) is 0 Å². The first-order valence-electron chi connectivity index (χ1n) is 10.7. The maximum Gasteiger partial charge on any atom is 0.303 e. The largest absolute Gasteiger partial charge is 0.481 e. The molecule has 2 aliphatic rings. The zero-order chi connectivity index (χ0) is 20.6. The molecule has 0 aromatic heterocycles. The smallest absolute Gasteiger partial charge is 0.303 e. The van der Waals surface area contributed by atoms with Crippen LogP contribution in [-0.2, 0) is 4.79 Å². The highest BCUT2D eigenvalue weighted by Gasteiger charge is 2.42. The van der Waals surface area contributed by atoms with Gasteiger partial charge >= 0.3 is 5.97 Å². The predicted octanol–water partition coefficient (Wildman–Crippen LogP) is 4.21. The second-order valence-electron chi connectivity index (χ2n) is 8.52. The summed E-state index contributed by atoms with van der Waals surface area (Å²) in [4.78, 5) is 10.5. The van der Waals surface area contributed by atoms with Crippen LogP contribution in [0.25, 0.3) is 0 Å². The minimum Gasteiger partial charge on any atom is -0.481 e. The fourth-order valence-electron chi connectivity index (χ4n) is 4.80. The van der Waals surface area contributed by atoms with Gasteiger partial charge in [-0.05, 0) is 62.7 Å². The number of nitriles is 1. The monoisotopic (exact) mass is 389 g/mol. The maximum absolute atomic E-state index is 10.6. The first kappa shape index (κ1) is 22.6. The van der Waals surface area contributed by atoms with Gasteiger partial charge in [0.15, 0.2) is 0 Å². The molecule has 0 heterocycles. The maximum atomic E-state index is 10.6. The van der Waals surface area contributed by atoms with Crippen molar-refractivity contribution in [2.75, 3.05) is 0 Å². The molecule has 0 aliphatic heterocycles. The van der Waals surface area contributed by atoms with E-state index in [1.807, 2.05) is 24.3 Å². The van der Waals surface area contributed by atoms with Crippen molar-refractivity contribution in [3.05, 3.63) is 24.3 Å². The van der Waals surface area contributed by atoms with Crippen LogP contribution < -0.4 is 0 Å². The van der Waals surface area contributed by atoms with Gasteiger partial charge in [0.05, 0.1) is 24.2 Å². The van der Waals surface area contributed by atoms with Crippen LogP contribution in [0.2, 0.25) is 0 Å². The molecule has 0 aromatic carbocycles. The number of carboxylic acid groups (broad SMARTS) is 1. The lowest BCUT2D eigenvalue weighted by Crippen LogP contribution is -2.40. The van der Waals surface area contributed by atoms with Gasteiger partial charge in [0.1, 0.15) is 0 Å². The normalized spacial score (nSPS) is 30.4. The van der Waals surface area contributed by atoms with E-state index in [9.17, 15) is 20.3 Å². The van der Waals surface area contributed by atoms with Gasteiger partial charge in [-0.25, -0.2) is 0 Å². The fourth-order valence-corrected chi connectivity index (χ4v) is 4.80. The molecule has 2 saturated carbocycles. The van der Waals surface area contributed by atoms with E-state index in [1.165, 1.54) is 6.42 Å². The van der Waals surface area contributed by atoms with Gasteiger partial charge < -0.3 is 15.3 Å². The molecule has 0 amide bonds. The molecular formula is C23H35NO4. The van der Waals surface area contributed by atoms with E-state index < -0.39 is 12.1 Å². The topological polar surface area (TPSA) is 102 Å². The van der Waals surface area contributed by atoms with Crippen LogP contribution >= 0.6 is 0 Å². The second-order valence-corrected chi connectivity index (χ2v) is 8.52. The Morgan fingerprint density at radius 1 is 1.32 bits per heavy atom. The van der Waals surface area contributed by atoms with E-state index in [-0.39, 0.29) is 35.7 Å². The molecule has 1 unspecified atom stereocenters. The van der Waals surface area contributed by atoms with Crippen molar-refractivity contribution < 1.29 is 20.1 Å². The Labute approximate surface area is 168 Å². The third kappa shape index (κ3) is 5.68. The summed E-state index contributed by atoms with van der Waals surface area (Å²) in [5.74, 6) is -0.963. The SMILES string of the molecule is CCC1(C(O)C/C=C/[C@@H]2[C@@H](CC=CCCCC(=O)O)[C@H](C#N)C[C@H]2O)CCC1. The van der Waals surface area contributed by atoms with E-state index in [2.05, 4.69) is 13.0 Å². The Balaban J connectivity index is 1.89. The number of allylic oxidation sites excluding steroid dienone is 2. The van der Waals surface area contributed by atoms with Gasteiger partial charge in [-0.1, -0.05) is 37.6 Å². The van der Waals surface area contributed by atoms with Crippen LogP contribution in [-0.4, -0.2) is 33.5 Å². The number of hydrogen-bond donors (Lipinski definition) is 3. The standard InChI is InChI=1S/C23H35NO4/c1-2-23(13-8-14-23)21(26)11-7-10-19-18(17(16-24)15-20(19)25)9-5-3-4-6-12-22(27)28/h3,5,7,10,17-21,25-26H,2,4,6,8-9,11-15H2,1H3,(H,27,28)/b5-3?,10-7+/t17-,18-,19+,20+,21?/m0/s1. The van der Waals surface area contributed by atoms with Gasteiger partial charge in [-0.2, -0.15) is 5.26 Å². The van der Waals surface area contributed by atoms with Crippen LogP contribution in [0.5, 0.6) is 0 Å². The van der Waals surface area contributed by atoms with E-state index in [0.717, 1.165) is 19.3 Å². The van der Waals surface area contributed by atoms with Crippen LogP contribution in [0.15, 0.2) is 24.3 Å². The Bertz CT molecular complexity index is 597. The van der Waals surface area contributed by atoms with Crippen LogP contribution in [0, 0.1) is 34.5 Å². The van der Waals surface area contributed by atoms with Crippen molar-refractivity contribution in [1.29, 1.82) is 5.26 Å². The molecule has 2 rings (SSSR count). The van der Waals surface area contributed by atoms with Gasteiger partial charge in [0.2, 0.25) is 0 Å². The number of unbranched alkanes of at least 4 members (excludes halogenated alkanes) is 1. The van der Waals surface area contributed by atoms with E-state index in [4.69, 9.17) is 5.11 Å². The summed E-state index contributed by atoms with van der Waals surface area (Å²) in [5, 5.41) is 39.1. The average molecular weight is 390 g/mol. The number of aliphatic hydroxyl groups excluding tert-OH is 2. The molecule has 5 atom stereocenters. The number of aliphatic carboxylic acids is 1. The summed E-state index contributed by atoms with van der Waals surface area (Å²) in [6.45, 7) is 2.14. The molecular weight excluding hydrogens is 354 g/mol. The second kappa shape index (κ2) is 10.8.